The molecule has 0 radical (unpaired) electrons. The molecule has 4 heterocycles. The Hall–Kier alpha value is -3.80. The largest absolute Gasteiger partial charge is 0.416 e. The summed E-state index contributed by atoms with van der Waals surface area (Å²) in [4.78, 5) is 29.4. The van der Waals surface area contributed by atoms with Crippen molar-refractivity contribution in [2.45, 2.75) is 37.6 Å². The Morgan fingerprint density at radius 3 is 2.63 bits per heavy atom. The highest BCUT2D eigenvalue weighted by atomic mass is 19.4. The summed E-state index contributed by atoms with van der Waals surface area (Å²) in [6.07, 6.45) is 0.679. The maximum Gasteiger partial charge on any atom is 0.416 e. The van der Waals surface area contributed by atoms with Gasteiger partial charge in [0.25, 0.3) is 5.91 Å². The summed E-state index contributed by atoms with van der Waals surface area (Å²) in [5, 5.41) is 19.4. The van der Waals surface area contributed by atoms with Gasteiger partial charge < -0.3 is 25.5 Å². The zero-order chi connectivity index (χ0) is 26.7. The lowest BCUT2D eigenvalue weighted by molar-refractivity contribution is -0.137. The molecule has 0 bridgehead atoms. The van der Waals surface area contributed by atoms with Gasteiger partial charge in [0.15, 0.2) is 0 Å². The summed E-state index contributed by atoms with van der Waals surface area (Å²) in [6, 6.07) is 7.71. The van der Waals surface area contributed by atoms with E-state index in [0.29, 0.717) is 43.6 Å². The van der Waals surface area contributed by atoms with Gasteiger partial charge in [0.05, 0.1) is 28.9 Å². The Balaban J connectivity index is 1.02. The fourth-order valence-corrected chi connectivity index (χ4v) is 5.86. The Bertz CT molecular complexity index is 1390. The molecule has 6 rings (SSSR count). The number of carbonyl (C=O) groups excluding carboxylic acids is 2. The van der Waals surface area contributed by atoms with Crippen LogP contribution in [0.1, 0.15) is 35.2 Å². The summed E-state index contributed by atoms with van der Waals surface area (Å²) in [5.41, 5.74) is 1.38. The van der Waals surface area contributed by atoms with Gasteiger partial charge in [-0.3, -0.25) is 4.79 Å². The molecular formula is C26H27F3N6O3. The van der Waals surface area contributed by atoms with E-state index in [1.165, 1.54) is 12.1 Å². The van der Waals surface area contributed by atoms with Crippen LogP contribution in [0.25, 0.3) is 5.52 Å². The minimum atomic E-state index is -4.48. The van der Waals surface area contributed by atoms with E-state index in [0.717, 1.165) is 30.8 Å². The molecule has 38 heavy (non-hydrogen) atoms. The summed E-state index contributed by atoms with van der Waals surface area (Å²) >= 11 is 0. The van der Waals surface area contributed by atoms with Gasteiger partial charge in [-0.1, -0.05) is 6.07 Å². The van der Waals surface area contributed by atoms with E-state index >= 15 is 0 Å². The third-order valence-corrected chi connectivity index (χ3v) is 7.75. The summed E-state index contributed by atoms with van der Waals surface area (Å²) in [5.74, 6) is -0.0945. The lowest BCUT2D eigenvalue weighted by Gasteiger charge is -2.58. The van der Waals surface area contributed by atoms with Crippen LogP contribution in [0.4, 0.5) is 29.3 Å². The van der Waals surface area contributed by atoms with Crippen molar-refractivity contribution in [1.82, 2.24) is 19.8 Å². The monoisotopic (exact) mass is 528 g/mol. The zero-order valence-electron chi connectivity index (χ0n) is 20.4. The number of likely N-dealkylation sites (tertiary alicyclic amines) is 1. The van der Waals surface area contributed by atoms with E-state index in [1.54, 1.807) is 15.6 Å². The number of fused-ring (bicyclic) bond motifs is 1. The van der Waals surface area contributed by atoms with Gasteiger partial charge in [-0.05, 0) is 49.6 Å². The standard InChI is InChI=1S/C26H27F3N6O3/c27-26(28,29)16-2-1-3-17(8-16)31-24(38)32-18-10-25(11-18)14-34(15-25)23(37)21-12-30-35-7-4-19(9-22(21)35)33-6-5-20(36)13-33/h1-4,7-9,12,18,20,36H,5-6,10-11,13-15H2,(H2,31,32,38). The number of β-amino-alcohol motifs (C(OH)–C–C–N with tert-alkyl or cyclic N) is 1. The van der Waals surface area contributed by atoms with Crippen LogP contribution in [-0.2, 0) is 6.18 Å². The average molecular weight is 529 g/mol. The molecule has 1 saturated carbocycles. The van der Waals surface area contributed by atoms with Crippen molar-refractivity contribution in [3.05, 3.63) is 59.9 Å². The average Bonchev–Trinajstić information content (AvgIpc) is 3.44. The highest BCUT2D eigenvalue weighted by molar-refractivity contribution is 6.01. The fourth-order valence-electron chi connectivity index (χ4n) is 5.86. The van der Waals surface area contributed by atoms with E-state index in [4.69, 9.17) is 0 Å². The maximum atomic E-state index is 13.2. The van der Waals surface area contributed by atoms with Crippen molar-refractivity contribution in [2.75, 3.05) is 36.4 Å². The number of aliphatic hydroxyl groups is 1. The Labute approximate surface area is 216 Å². The van der Waals surface area contributed by atoms with Crippen LogP contribution in [0.3, 0.4) is 0 Å². The minimum absolute atomic E-state index is 0.0520. The molecule has 1 spiro atoms. The molecule has 2 saturated heterocycles. The van der Waals surface area contributed by atoms with Crippen molar-refractivity contribution in [1.29, 1.82) is 0 Å². The molecule has 3 N–H and O–H groups in total. The first-order valence-corrected chi connectivity index (χ1v) is 12.5. The third-order valence-electron chi connectivity index (χ3n) is 7.75. The molecule has 2 aliphatic heterocycles. The highest BCUT2D eigenvalue weighted by Gasteiger charge is 2.54. The molecular weight excluding hydrogens is 501 g/mol. The quantitative estimate of drug-likeness (QED) is 0.482. The number of aliphatic hydroxyl groups excluding tert-OH is 1. The van der Waals surface area contributed by atoms with E-state index in [-0.39, 0.29) is 29.2 Å². The number of pyridine rings is 1. The van der Waals surface area contributed by atoms with Crippen molar-refractivity contribution >= 4 is 28.8 Å². The predicted octanol–water partition coefficient (Wildman–Crippen LogP) is 3.35. The second-order valence-electron chi connectivity index (χ2n) is 10.6. The Morgan fingerprint density at radius 1 is 1.13 bits per heavy atom. The van der Waals surface area contributed by atoms with Gasteiger partial charge in [-0.25, -0.2) is 9.31 Å². The van der Waals surface area contributed by atoms with Gasteiger partial charge in [0.2, 0.25) is 0 Å². The van der Waals surface area contributed by atoms with E-state index < -0.39 is 17.8 Å². The summed E-state index contributed by atoms with van der Waals surface area (Å²) < 4.78 is 40.3. The molecule has 3 amide bonds. The maximum absolute atomic E-state index is 13.2. The number of amides is 3. The first-order chi connectivity index (χ1) is 18.1. The van der Waals surface area contributed by atoms with Crippen LogP contribution in [0, 0.1) is 5.41 Å². The van der Waals surface area contributed by atoms with E-state index in [2.05, 4.69) is 20.6 Å². The minimum Gasteiger partial charge on any atom is -0.391 e. The van der Waals surface area contributed by atoms with Crippen molar-refractivity contribution in [3.63, 3.8) is 0 Å². The SMILES string of the molecule is O=C(Nc1cccc(C(F)(F)F)c1)NC1CC2(C1)CN(C(=O)c1cnn3ccc(N4CCC(O)C4)cc13)C2. The Kier molecular flexibility index (Phi) is 5.74. The molecule has 3 fully saturated rings. The van der Waals surface area contributed by atoms with Gasteiger partial charge >= 0.3 is 12.2 Å². The number of hydrogen-bond acceptors (Lipinski definition) is 5. The van der Waals surface area contributed by atoms with Crippen LogP contribution < -0.4 is 15.5 Å². The van der Waals surface area contributed by atoms with Crippen LogP contribution in [-0.4, -0.2) is 69.9 Å². The smallest absolute Gasteiger partial charge is 0.391 e. The summed E-state index contributed by atoms with van der Waals surface area (Å²) in [6.45, 7) is 2.48. The van der Waals surface area contributed by atoms with Crippen molar-refractivity contribution in [2.24, 2.45) is 5.41 Å². The van der Waals surface area contributed by atoms with Crippen molar-refractivity contribution in [3.8, 4) is 0 Å². The summed E-state index contributed by atoms with van der Waals surface area (Å²) in [7, 11) is 0. The number of carbonyl (C=O) groups is 2. The Morgan fingerprint density at radius 2 is 1.92 bits per heavy atom. The molecule has 2 aromatic heterocycles. The first-order valence-electron chi connectivity index (χ1n) is 12.5. The van der Waals surface area contributed by atoms with E-state index in [1.807, 2.05) is 18.3 Å². The number of aromatic nitrogens is 2. The molecule has 12 heteroatoms. The molecule has 3 aliphatic rings. The zero-order valence-corrected chi connectivity index (χ0v) is 20.4. The molecule has 1 aliphatic carbocycles. The lowest BCUT2D eigenvalue weighted by Crippen LogP contribution is -2.67. The van der Waals surface area contributed by atoms with Gasteiger partial charge in [-0.2, -0.15) is 18.3 Å². The molecule has 9 nitrogen and oxygen atoms in total. The van der Waals surface area contributed by atoms with E-state index in [9.17, 15) is 27.9 Å². The van der Waals surface area contributed by atoms with Crippen molar-refractivity contribution < 1.29 is 27.9 Å². The number of benzene rings is 1. The number of anilines is 2. The number of rotatable bonds is 4. The van der Waals surface area contributed by atoms with Crippen LogP contribution in [0.5, 0.6) is 0 Å². The molecule has 200 valence electrons. The number of halogens is 3. The normalized spacial score (nSPS) is 20.9. The molecule has 1 atom stereocenters. The molecule has 3 aromatic rings. The number of urea groups is 1. The molecule has 1 unspecified atom stereocenters. The van der Waals surface area contributed by atoms with Crippen LogP contribution in [0.15, 0.2) is 48.8 Å². The number of nitrogens with zero attached hydrogens (tertiary/aromatic N) is 4. The number of hydrogen-bond donors (Lipinski definition) is 3. The third kappa shape index (κ3) is 4.53. The highest BCUT2D eigenvalue weighted by Crippen LogP contribution is 2.49. The number of alkyl halides is 3. The lowest BCUT2D eigenvalue weighted by atomic mass is 9.60. The first kappa shape index (κ1) is 24.5. The second-order valence-corrected chi connectivity index (χ2v) is 10.6. The predicted molar refractivity (Wildman–Crippen MR) is 133 cm³/mol. The fraction of sp³-hybridized carbons (Fsp3) is 0.423. The molecule has 1 aromatic carbocycles. The second kappa shape index (κ2) is 8.90. The van der Waals surface area contributed by atoms with Gasteiger partial charge in [0, 0.05) is 55.2 Å². The van der Waals surface area contributed by atoms with Crippen LogP contribution >= 0.6 is 0 Å². The topological polar surface area (TPSA) is 102 Å². The van der Waals surface area contributed by atoms with Gasteiger partial charge in [0.1, 0.15) is 0 Å². The number of nitrogens with one attached hydrogen (secondary N) is 2. The van der Waals surface area contributed by atoms with Crippen LogP contribution in [0.2, 0.25) is 0 Å². The van der Waals surface area contributed by atoms with Gasteiger partial charge in [-0.15, -0.1) is 0 Å².